The van der Waals surface area contributed by atoms with Crippen LogP contribution in [-0.2, 0) is 4.79 Å². The molecule has 2 saturated heterocycles. The van der Waals surface area contributed by atoms with Crippen molar-refractivity contribution < 1.29 is 9.18 Å². The van der Waals surface area contributed by atoms with Crippen molar-refractivity contribution in [3.05, 3.63) is 24.1 Å². The molecule has 0 aliphatic carbocycles. The van der Waals surface area contributed by atoms with Crippen LogP contribution in [-0.4, -0.2) is 55.1 Å². The van der Waals surface area contributed by atoms with E-state index in [-0.39, 0.29) is 17.6 Å². The maximum absolute atomic E-state index is 13.8. The van der Waals surface area contributed by atoms with Gasteiger partial charge in [0.05, 0.1) is 0 Å². The van der Waals surface area contributed by atoms with Crippen LogP contribution < -0.4 is 10.2 Å². The van der Waals surface area contributed by atoms with Gasteiger partial charge in [-0.2, -0.15) is 0 Å². The Morgan fingerprint density at radius 2 is 2.00 bits per heavy atom. The van der Waals surface area contributed by atoms with Gasteiger partial charge in [0.2, 0.25) is 5.91 Å². The highest BCUT2D eigenvalue weighted by Crippen LogP contribution is 2.23. The largest absolute Gasteiger partial charge is 0.356 e. The zero-order valence-corrected chi connectivity index (χ0v) is 14.2. The van der Waals surface area contributed by atoms with E-state index in [9.17, 15) is 9.18 Å². The van der Waals surface area contributed by atoms with Crippen molar-refractivity contribution in [2.24, 2.45) is 5.92 Å². The van der Waals surface area contributed by atoms with Crippen molar-refractivity contribution in [2.45, 2.75) is 32.1 Å². The van der Waals surface area contributed by atoms with Crippen LogP contribution in [0, 0.1) is 11.7 Å². The van der Waals surface area contributed by atoms with E-state index in [1.54, 1.807) is 12.3 Å². The Morgan fingerprint density at radius 3 is 2.71 bits per heavy atom. The third-order valence-corrected chi connectivity index (χ3v) is 5.05. The summed E-state index contributed by atoms with van der Waals surface area (Å²) >= 11 is 0. The Morgan fingerprint density at radius 1 is 1.25 bits per heavy atom. The summed E-state index contributed by atoms with van der Waals surface area (Å²) in [6.07, 6.45) is 6.76. The molecule has 0 saturated carbocycles. The summed E-state index contributed by atoms with van der Waals surface area (Å²) in [6.45, 7) is 5.61. The zero-order valence-electron chi connectivity index (χ0n) is 14.2. The molecule has 2 aliphatic heterocycles. The minimum atomic E-state index is -0.290. The number of carbonyl (C=O) groups is 1. The van der Waals surface area contributed by atoms with Gasteiger partial charge >= 0.3 is 0 Å². The van der Waals surface area contributed by atoms with E-state index in [0.29, 0.717) is 18.9 Å². The first-order valence-electron chi connectivity index (χ1n) is 9.09. The number of amides is 1. The van der Waals surface area contributed by atoms with Crippen molar-refractivity contribution >= 4 is 11.7 Å². The van der Waals surface area contributed by atoms with Crippen LogP contribution in [0.2, 0.25) is 0 Å². The fraction of sp³-hybridized carbons (Fsp3) is 0.667. The molecule has 1 aromatic heterocycles. The molecule has 24 heavy (non-hydrogen) atoms. The molecule has 0 bridgehead atoms. The van der Waals surface area contributed by atoms with Gasteiger partial charge < -0.3 is 15.1 Å². The Kier molecular flexibility index (Phi) is 6.01. The van der Waals surface area contributed by atoms with Gasteiger partial charge in [-0.15, -0.1) is 0 Å². The van der Waals surface area contributed by atoms with Gasteiger partial charge in [-0.25, -0.2) is 9.37 Å². The Hall–Kier alpha value is -1.69. The number of nitrogens with one attached hydrogen (secondary N) is 1. The third-order valence-electron chi connectivity index (χ3n) is 5.05. The highest BCUT2D eigenvalue weighted by Gasteiger charge is 2.26. The highest BCUT2D eigenvalue weighted by molar-refractivity contribution is 5.78. The van der Waals surface area contributed by atoms with E-state index in [1.807, 2.05) is 4.90 Å². The maximum atomic E-state index is 13.8. The van der Waals surface area contributed by atoms with Crippen molar-refractivity contribution in [1.82, 2.24) is 15.2 Å². The normalized spacial score (nSPS) is 19.6. The Labute approximate surface area is 143 Å². The van der Waals surface area contributed by atoms with E-state index in [4.69, 9.17) is 0 Å². The molecule has 0 radical (unpaired) electrons. The molecule has 2 fully saturated rings. The lowest BCUT2D eigenvalue weighted by molar-refractivity contribution is -0.125. The van der Waals surface area contributed by atoms with Gasteiger partial charge in [0.25, 0.3) is 0 Å². The standard InChI is InChI=1S/C18H27FN4O/c19-16-5-3-8-20-17(16)23-13-6-15(7-14-23)18(24)21-9-4-12-22-10-1-2-11-22/h3,5,8,15H,1-2,4,6-7,9-14H2,(H,21,24). The van der Waals surface area contributed by atoms with E-state index in [0.717, 1.165) is 32.4 Å². The Bertz CT molecular complexity index is 540. The van der Waals surface area contributed by atoms with Gasteiger partial charge in [0, 0.05) is 31.7 Å². The van der Waals surface area contributed by atoms with Gasteiger partial charge in [0.15, 0.2) is 11.6 Å². The predicted molar refractivity (Wildman–Crippen MR) is 92.4 cm³/mol. The summed E-state index contributed by atoms with van der Waals surface area (Å²) in [7, 11) is 0. The summed E-state index contributed by atoms with van der Waals surface area (Å²) in [4.78, 5) is 20.8. The quantitative estimate of drug-likeness (QED) is 0.809. The van der Waals surface area contributed by atoms with Gasteiger partial charge in [-0.05, 0) is 63.9 Å². The molecule has 0 atom stereocenters. The summed E-state index contributed by atoms with van der Waals surface area (Å²) in [5.74, 6) is 0.307. The van der Waals surface area contributed by atoms with E-state index < -0.39 is 0 Å². The lowest BCUT2D eigenvalue weighted by Gasteiger charge is -2.32. The van der Waals surface area contributed by atoms with Crippen LogP contribution in [0.4, 0.5) is 10.2 Å². The van der Waals surface area contributed by atoms with E-state index >= 15 is 0 Å². The number of rotatable bonds is 6. The number of hydrogen-bond donors (Lipinski definition) is 1. The smallest absolute Gasteiger partial charge is 0.223 e. The molecule has 0 unspecified atom stereocenters. The molecule has 5 nitrogen and oxygen atoms in total. The predicted octanol–water partition coefficient (Wildman–Crippen LogP) is 2.04. The number of hydrogen-bond acceptors (Lipinski definition) is 4. The topological polar surface area (TPSA) is 48.5 Å². The fourth-order valence-electron chi connectivity index (χ4n) is 3.63. The molecule has 132 valence electrons. The first-order chi connectivity index (χ1) is 11.7. The molecular weight excluding hydrogens is 307 g/mol. The number of piperidine rings is 1. The molecule has 1 aromatic rings. The lowest BCUT2D eigenvalue weighted by atomic mass is 9.96. The molecule has 3 rings (SSSR count). The summed E-state index contributed by atoms with van der Waals surface area (Å²) in [5.41, 5.74) is 0. The fourth-order valence-corrected chi connectivity index (χ4v) is 3.63. The molecule has 1 amide bonds. The van der Waals surface area contributed by atoms with Crippen molar-refractivity contribution in [1.29, 1.82) is 0 Å². The van der Waals surface area contributed by atoms with Crippen LogP contribution in [0.3, 0.4) is 0 Å². The van der Waals surface area contributed by atoms with Gasteiger partial charge in [-0.3, -0.25) is 4.79 Å². The highest BCUT2D eigenvalue weighted by atomic mass is 19.1. The average molecular weight is 334 g/mol. The number of nitrogens with zero attached hydrogens (tertiary/aromatic N) is 3. The Balaban J connectivity index is 1.36. The second-order valence-electron chi connectivity index (χ2n) is 6.76. The number of anilines is 1. The second-order valence-corrected chi connectivity index (χ2v) is 6.76. The monoisotopic (exact) mass is 334 g/mol. The minimum absolute atomic E-state index is 0.0415. The van der Waals surface area contributed by atoms with Crippen molar-refractivity contribution in [2.75, 3.05) is 44.2 Å². The van der Waals surface area contributed by atoms with Crippen molar-refractivity contribution in [3.8, 4) is 0 Å². The van der Waals surface area contributed by atoms with Crippen LogP contribution in [0.25, 0.3) is 0 Å². The van der Waals surface area contributed by atoms with Crippen LogP contribution in [0.15, 0.2) is 18.3 Å². The minimum Gasteiger partial charge on any atom is -0.356 e. The van der Waals surface area contributed by atoms with Crippen molar-refractivity contribution in [3.63, 3.8) is 0 Å². The molecular formula is C18H27FN4O. The van der Waals surface area contributed by atoms with E-state index in [2.05, 4.69) is 15.2 Å². The average Bonchev–Trinajstić information content (AvgIpc) is 3.13. The number of likely N-dealkylation sites (tertiary alicyclic amines) is 1. The number of halogens is 1. The molecule has 3 heterocycles. The number of aromatic nitrogens is 1. The lowest BCUT2D eigenvalue weighted by Crippen LogP contribution is -2.41. The van der Waals surface area contributed by atoms with Crippen LogP contribution in [0.1, 0.15) is 32.1 Å². The van der Waals surface area contributed by atoms with Crippen LogP contribution >= 0.6 is 0 Å². The SMILES string of the molecule is O=C(NCCCN1CCCC1)C1CCN(c2ncccc2F)CC1. The summed E-state index contributed by atoms with van der Waals surface area (Å²) in [6, 6.07) is 3.03. The van der Waals surface area contributed by atoms with Gasteiger partial charge in [-0.1, -0.05) is 0 Å². The van der Waals surface area contributed by atoms with Gasteiger partial charge in [0.1, 0.15) is 0 Å². The zero-order chi connectivity index (χ0) is 16.8. The molecule has 6 heteroatoms. The van der Waals surface area contributed by atoms with Crippen LogP contribution in [0.5, 0.6) is 0 Å². The molecule has 2 aliphatic rings. The molecule has 1 N–H and O–H groups in total. The number of pyridine rings is 1. The second kappa shape index (κ2) is 8.42. The molecule has 0 spiro atoms. The summed E-state index contributed by atoms with van der Waals surface area (Å²) < 4.78 is 13.8. The molecule has 0 aromatic carbocycles. The first-order valence-corrected chi connectivity index (χ1v) is 9.09. The summed E-state index contributed by atoms with van der Waals surface area (Å²) in [5, 5.41) is 3.07. The number of carbonyl (C=O) groups excluding carboxylic acids is 1. The van der Waals surface area contributed by atoms with E-state index in [1.165, 1.54) is 32.0 Å². The maximum Gasteiger partial charge on any atom is 0.223 e. The third kappa shape index (κ3) is 4.44. The first kappa shape index (κ1) is 17.1.